The fraction of sp³-hybridized carbons (Fsp3) is 0.0213. The monoisotopic (exact) mass is 640 g/mol. The van der Waals surface area contributed by atoms with Crippen LogP contribution in [0.15, 0.2) is 180 Å². The van der Waals surface area contributed by atoms with Gasteiger partial charge in [0.05, 0.1) is 16.7 Å². The molecule has 0 bridgehead atoms. The Morgan fingerprint density at radius 1 is 0.460 bits per heavy atom. The summed E-state index contributed by atoms with van der Waals surface area (Å²) in [6, 6.07) is 63.0. The molecule has 0 unspecified atom stereocenters. The Hall–Kier alpha value is -6.58. The van der Waals surface area contributed by atoms with E-state index >= 15 is 0 Å². The first kappa shape index (κ1) is 28.4. The molecule has 0 aliphatic heterocycles. The summed E-state index contributed by atoms with van der Waals surface area (Å²) in [7, 11) is 0. The van der Waals surface area contributed by atoms with Crippen LogP contribution >= 0.6 is 0 Å². The molecule has 50 heavy (non-hydrogen) atoms. The van der Waals surface area contributed by atoms with Gasteiger partial charge in [-0.05, 0) is 94.2 Å². The first-order chi connectivity index (χ1) is 24.7. The third-order valence-corrected chi connectivity index (χ3v) is 10.2. The van der Waals surface area contributed by atoms with Crippen LogP contribution in [0.1, 0.15) is 5.56 Å². The van der Waals surface area contributed by atoms with E-state index in [0.29, 0.717) is 0 Å². The number of furan rings is 1. The molecule has 0 aliphatic rings. The summed E-state index contributed by atoms with van der Waals surface area (Å²) in [6.45, 7) is 2.16. The largest absolute Gasteiger partial charge is 0.440 e. The standard InChI is InChI=1S/C47H32N2O/c1-31-37-16-10-12-22-46(37)50-47(31)48(36-27-28-42-41-20-9-11-21-44(41)49(45(42)30-36)34-14-3-2-4-15-34)35-25-23-32(24-26-35)43-29-33-13-5-6-17-38(33)39-18-7-8-19-40(39)43/h2-30H,1H3. The molecule has 10 rings (SSSR count). The molecule has 3 nitrogen and oxygen atoms in total. The Balaban J connectivity index is 1.19. The van der Waals surface area contributed by atoms with Gasteiger partial charge in [-0.1, -0.05) is 121 Å². The summed E-state index contributed by atoms with van der Waals surface area (Å²) >= 11 is 0. The number of benzene rings is 8. The molecule has 0 atom stereocenters. The highest BCUT2D eigenvalue weighted by Crippen LogP contribution is 2.44. The lowest BCUT2D eigenvalue weighted by atomic mass is 9.93. The van der Waals surface area contributed by atoms with Crippen molar-refractivity contribution in [1.82, 2.24) is 4.57 Å². The van der Waals surface area contributed by atoms with E-state index in [1.165, 1.54) is 49.0 Å². The van der Waals surface area contributed by atoms with Crippen LogP contribution in [0.2, 0.25) is 0 Å². The van der Waals surface area contributed by atoms with Crippen LogP contribution in [0.3, 0.4) is 0 Å². The van der Waals surface area contributed by atoms with Crippen molar-refractivity contribution in [1.29, 1.82) is 0 Å². The molecule has 2 heterocycles. The minimum Gasteiger partial charge on any atom is -0.440 e. The Bertz CT molecular complexity index is 2880. The number of rotatable bonds is 5. The van der Waals surface area contributed by atoms with Crippen molar-refractivity contribution < 1.29 is 4.42 Å². The Morgan fingerprint density at radius 3 is 1.88 bits per heavy atom. The number of aryl methyl sites for hydroxylation is 1. The SMILES string of the molecule is Cc1c(N(c2ccc(-c3cc4ccccc4c4ccccc34)cc2)c2ccc3c4ccccc4n(-c4ccccc4)c3c2)oc2ccccc12. The van der Waals surface area contributed by atoms with E-state index in [4.69, 9.17) is 4.42 Å². The number of hydrogen-bond donors (Lipinski definition) is 0. The molecule has 10 aromatic rings. The van der Waals surface area contributed by atoms with Gasteiger partial charge < -0.3 is 8.98 Å². The number of anilines is 3. The van der Waals surface area contributed by atoms with E-state index in [2.05, 4.69) is 186 Å². The van der Waals surface area contributed by atoms with Gasteiger partial charge in [-0.3, -0.25) is 4.90 Å². The molecule has 3 heteroatoms. The normalized spacial score (nSPS) is 11.7. The number of para-hydroxylation sites is 3. The third-order valence-electron chi connectivity index (χ3n) is 10.2. The van der Waals surface area contributed by atoms with E-state index in [9.17, 15) is 0 Å². The highest BCUT2D eigenvalue weighted by atomic mass is 16.4. The molecule has 0 saturated carbocycles. The van der Waals surface area contributed by atoms with E-state index in [1.807, 2.05) is 6.07 Å². The average Bonchev–Trinajstić information content (AvgIpc) is 3.69. The maximum absolute atomic E-state index is 6.70. The lowest BCUT2D eigenvalue weighted by molar-refractivity contribution is 0.618. The molecule has 0 spiro atoms. The number of hydrogen-bond acceptors (Lipinski definition) is 2. The topological polar surface area (TPSA) is 21.3 Å². The minimum atomic E-state index is 0.817. The summed E-state index contributed by atoms with van der Waals surface area (Å²) in [4.78, 5) is 2.27. The van der Waals surface area contributed by atoms with Crippen molar-refractivity contribution in [3.05, 3.63) is 181 Å². The molecule has 0 amide bonds. The predicted molar refractivity (Wildman–Crippen MR) is 210 cm³/mol. The van der Waals surface area contributed by atoms with Crippen molar-refractivity contribution >= 4 is 71.6 Å². The summed E-state index contributed by atoms with van der Waals surface area (Å²) in [6.07, 6.45) is 0. The molecular formula is C47H32N2O. The van der Waals surface area contributed by atoms with E-state index < -0.39 is 0 Å². The molecule has 0 N–H and O–H groups in total. The van der Waals surface area contributed by atoms with Gasteiger partial charge in [0, 0.05) is 33.1 Å². The van der Waals surface area contributed by atoms with Gasteiger partial charge in [0.2, 0.25) is 5.88 Å². The summed E-state index contributed by atoms with van der Waals surface area (Å²) < 4.78 is 9.06. The lowest BCUT2D eigenvalue weighted by Gasteiger charge is -2.24. The second kappa shape index (κ2) is 11.3. The Labute approximate surface area is 289 Å². The fourth-order valence-electron chi connectivity index (χ4n) is 7.79. The lowest BCUT2D eigenvalue weighted by Crippen LogP contribution is -2.10. The molecule has 0 saturated heterocycles. The summed E-state index contributed by atoms with van der Waals surface area (Å²) in [5, 5.41) is 8.61. The Kier molecular flexibility index (Phi) is 6.40. The predicted octanol–water partition coefficient (Wildman–Crippen LogP) is 13.3. The highest BCUT2D eigenvalue weighted by Gasteiger charge is 2.23. The van der Waals surface area contributed by atoms with Crippen LogP contribution in [0, 0.1) is 6.92 Å². The maximum Gasteiger partial charge on any atom is 0.208 e. The highest BCUT2D eigenvalue weighted by molar-refractivity contribution is 6.14. The number of aromatic nitrogens is 1. The van der Waals surface area contributed by atoms with Gasteiger partial charge in [-0.2, -0.15) is 0 Å². The van der Waals surface area contributed by atoms with Crippen LogP contribution in [0.25, 0.3) is 71.1 Å². The fourth-order valence-corrected chi connectivity index (χ4v) is 7.79. The quantitative estimate of drug-likeness (QED) is 0.175. The van der Waals surface area contributed by atoms with Gasteiger partial charge in [-0.15, -0.1) is 0 Å². The first-order valence-corrected chi connectivity index (χ1v) is 17.1. The van der Waals surface area contributed by atoms with Crippen molar-refractivity contribution in [3.8, 4) is 16.8 Å². The van der Waals surface area contributed by atoms with Crippen molar-refractivity contribution in [3.63, 3.8) is 0 Å². The molecular weight excluding hydrogens is 609 g/mol. The van der Waals surface area contributed by atoms with Gasteiger partial charge in [0.1, 0.15) is 5.58 Å². The zero-order chi connectivity index (χ0) is 33.2. The number of fused-ring (bicyclic) bond motifs is 7. The van der Waals surface area contributed by atoms with Gasteiger partial charge in [0.15, 0.2) is 0 Å². The average molecular weight is 641 g/mol. The van der Waals surface area contributed by atoms with Crippen LogP contribution in [0.4, 0.5) is 17.3 Å². The third kappa shape index (κ3) is 4.37. The molecule has 2 aromatic heterocycles. The molecule has 0 radical (unpaired) electrons. The second-order valence-electron chi connectivity index (χ2n) is 13.0. The van der Waals surface area contributed by atoms with Crippen LogP contribution in [0.5, 0.6) is 0 Å². The number of nitrogens with zero attached hydrogens (tertiary/aromatic N) is 2. The molecule has 8 aromatic carbocycles. The Morgan fingerprint density at radius 2 is 1.08 bits per heavy atom. The zero-order valence-electron chi connectivity index (χ0n) is 27.5. The van der Waals surface area contributed by atoms with Gasteiger partial charge >= 0.3 is 0 Å². The smallest absolute Gasteiger partial charge is 0.208 e. The molecule has 0 fully saturated rings. The second-order valence-corrected chi connectivity index (χ2v) is 13.0. The zero-order valence-corrected chi connectivity index (χ0v) is 27.5. The van der Waals surface area contributed by atoms with E-state index in [1.54, 1.807) is 0 Å². The van der Waals surface area contributed by atoms with Crippen LogP contribution in [-0.2, 0) is 0 Å². The van der Waals surface area contributed by atoms with Crippen molar-refractivity contribution in [2.24, 2.45) is 0 Å². The van der Waals surface area contributed by atoms with E-state index in [0.717, 1.165) is 45.0 Å². The van der Waals surface area contributed by atoms with Crippen molar-refractivity contribution in [2.45, 2.75) is 6.92 Å². The van der Waals surface area contributed by atoms with Crippen LogP contribution < -0.4 is 4.90 Å². The summed E-state index contributed by atoms with van der Waals surface area (Å²) in [5.41, 5.74) is 9.91. The van der Waals surface area contributed by atoms with Gasteiger partial charge in [-0.25, -0.2) is 0 Å². The van der Waals surface area contributed by atoms with Crippen molar-refractivity contribution in [2.75, 3.05) is 4.90 Å². The summed E-state index contributed by atoms with van der Waals surface area (Å²) in [5.74, 6) is 0.817. The molecule has 236 valence electrons. The van der Waals surface area contributed by atoms with Crippen LogP contribution in [-0.4, -0.2) is 4.57 Å². The molecule has 0 aliphatic carbocycles. The minimum absolute atomic E-state index is 0.817. The maximum atomic E-state index is 6.70. The van der Waals surface area contributed by atoms with E-state index in [-0.39, 0.29) is 0 Å². The van der Waals surface area contributed by atoms with Gasteiger partial charge in [0.25, 0.3) is 0 Å². The first-order valence-electron chi connectivity index (χ1n) is 17.1.